The van der Waals surface area contributed by atoms with Crippen LogP contribution in [0.4, 0.5) is 5.69 Å². The van der Waals surface area contributed by atoms with E-state index in [2.05, 4.69) is 53.8 Å². The molecule has 1 saturated carbocycles. The van der Waals surface area contributed by atoms with Crippen LogP contribution in [0.3, 0.4) is 0 Å². The van der Waals surface area contributed by atoms with Gasteiger partial charge in [-0.3, -0.25) is 33.6 Å². The highest BCUT2D eigenvalue weighted by Gasteiger charge is 2.50. The molecule has 16 N–H and O–H groups in total. The molecule has 5 aliphatic rings. The zero-order chi connectivity index (χ0) is 66.6. The maximum Gasteiger partial charge on any atom is 0.251 e. The third-order valence-electron chi connectivity index (χ3n) is 18.0. The molecule has 5 heterocycles. The van der Waals surface area contributed by atoms with Crippen molar-refractivity contribution >= 4 is 58.4 Å². The van der Waals surface area contributed by atoms with Gasteiger partial charge < -0.3 is 98.0 Å². The highest BCUT2D eigenvalue weighted by molar-refractivity contribution is 7.17. The van der Waals surface area contributed by atoms with Gasteiger partial charge in [-0.1, -0.05) is 55.7 Å². The number of hydrogen-bond acceptors (Lipinski definition) is 22. The molecule has 28 nitrogen and oxygen atoms in total. The molecule has 13 atom stereocenters. The number of aromatic hydroxyl groups is 1. The molecule has 7 amide bonds. The molecule has 93 heavy (non-hydrogen) atoms. The Kier molecular flexibility index (Phi) is 24.1. The lowest BCUT2D eigenvalue weighted by molar-refractivity contribution is -0.147. The Morgan fingerprint density at radius 1 is 0.720 bits per heavy atom. The van der Waals surface area contributed by atoms with Crippen molar-refractivity contribution in [3.05, 3.63) is 77.9 Å². The van der Waals surface area contributed by atoms with E-state index in [0.29, 0.717) is 28.1 Å². The number of nitrogens with zero attached hydrogens (tertiary/aromatic N) is 5. The number of benzene rings is 3. The zero-order valence-electron chi connectivity index (χ0n) is 52.3. The number of phenols is 1. The van der Waals surface area contributed by atoms with Crippen molar-refractivity contribution in [3.8, 4) is 32.6 Å². The number of β-amino-alcohol motifs (C(OH)–C–C–N with tert-alkyl or cyclic N) is 1. The van der Waals surface area contributed by atoms with E-state index in [-0.39, 0.29) is 61.4 Å². The van der Waals surface area contributed by atoms with Gasteiger partial charge in [0.2, 0.25) is 35.4 Å². The average molecular weight is 1310 g/mol. The van der Waals surface area contributed by atoms with Gasteiger partial charge in [0.1, 0.15) is 46.3 Å². The number of anilines is 1. The molecule has 3 aromatic carbocycles. The predicted molar refractivity (Wildman–Crippen MR) is 340 cm³/mol. The number of piperidine rings is 1. The largest absolute Gasteiger partial charge is 0.504 e. The minimum absolute atomic E-state index is 0.00564. The lowest BCUT2D eigenvalue weighted by Crippen LogP contribution is -2.64. The standard InChI is InChI=1S/C64H88N12O16S/c1-34-32-76-54(55(34)83)60(88)67-31-41(78)29-45(68-56(84)37-10-12-38(13-11-37)61-72-73-62(93-61)39-14-16-40(17-15-39)74-24-20-44(21-25-74)92-43-7-4-3-5-8-43)57(85)69-51(35(2)77)63(89)75-33-42(79)30-46(75)58(86)70-52(59(87)71-53(64(76)90)48(81)19-23-66)49(82)27-36-9-18-47(80)50(28-36)91-26-6-22-65/h9-18,28,34-35,41-46,48-49,51-55,77-83H,3-8,19-27,29-33,65-66H2,1-2H3,(H,67,88)(H,68,84)(H,69,85)(H,70,86)(H,71,87)/t34-,35+,41+,42+,45-,46-,48+,49+,51-,52-,53-,54-,55-/m0/s1. The van der Waals surface area contributed by atoms with Crippen LogP contribution in [0.5, 0.6) is 11.5 Å². The molecule has 0 spiro atoms. The molecule has 1 aromatic heterocycles. The van der Waals surface area contributed by atoms with Gasteiger partial charge in [-0.25, -0.2) is 0 Å². The maximum absolute atomic E-state index is 14.7. The number of phenolic OH excluding ortho intramolecular Hbond substituents is 1. The molecule has 5 fully saturated rings. The molecule has 4 aliphatic heterocycles. The summed E-state index contributed by atoms with van der Waals surface area (Å²) in [5, 5.41) is 102. The van der Waals surface area contributed by atoms with E-state index in [0.717, 1.165) is 66.7 Å². The smallest absolute Gasteiger partial charge is 0.251 e. The Balaban J connectivity index is 0.946. The fourth-order valence-corrected chi connectivity index (χ4v) is 13.5. The van der Waals surface area contributed by atoms with Gasteiger partial charge in [0, 0.05) is 80.3 Å². The van der Waals surface area contributed by atoms with Crippen molar-refractivity contribution in [3.63, 3.8) is 0 Å². The van der Waals surface area contributed by atoms with E-state index in [4.69, 9.17) is 20.9 Å². The molecule has 506 valence electrons. The molecular formula is C64H88N12O16S. The Morgan fingerprint density at radius 3 is 2.01 bits per heavy atom. The first kappa shape index (κ1) is 69.9. The number of carbonyl (C=O) groups is 7. The average Bonchev–Trinajstić information content (AvgIpc) is 1.70. The molecule has 4 aromatic rings. The number of rotatable bonds is 18. The van der Waals surface area contributed by atoms with E-state index < -0.39 is 152 Å². The van der Waals surface area contributed by atoms with Crippen LogP contribution in [0.15, 0.2) is 66.7 Å². The number of aliphatic hydroxyl groups is 6. The van der Waals surface area contributed by atoms with Gasteiger partial charge in [-0.2, -0.15) is 0 Å². The first-order chi connectivity index (χ1) is 44.6. The Bertz CT molecular complexity index is 3220. The summed E-state index contributed by atoms with van der Waals surface area (Å²) in [6.45, 7) is 3.23. The number of amides is 7. The summed E-state index contributed by atoms with van der Waals surface area (Å²) in [5.41, 5.74) is 14.4. The van der Waals surface area contributed by atoms with E-state index in [1.807, 2.05) is 12.1 Å². The van der Waals surface area contributed by atoms with Crippen LogP contribution in [0, 0.1) is 5.92 Å². The Morgan fingerprint density at radius 2 is 1.35 bits per heavy atom. The van der Waals surface area contributed by atoms with Gasteiger partial charge >= 0.3 is 0 Å². The second-order valence-corrected chi connectivity index (χ2v) is 26.0. The highest BCUT2D eigenvalue weighted by Crippen LogP contribution is 2.34. The molecular weight excluding hydrogens is 1220 g/mol. The Labute approximate surface area is 542 Å². The van der Waals surface area contributed by atoms with Crippen molar-refractivity contribution < 1.29 is 78.8 Å². The molecule has 1 aliphatic carbocycles. The van der Waals surface area contributed by atoms with E-state index in [1.165, 1.54) is 60.9 Å². The molecule has 4 saturated heterocycles. The van der Waals surface area contributed by atoms with E-state index in [9.17, 15) is 69.3 Å². The predicted octanol–water partition coefficient (Wildman–Crippen LogP) is -1.08. The van der Waals surface area contributed by atoms with Crippen molar-refractivity contribution in [2.75, 3.05) is 57.3 Å². The molecule has 9 rings (SSSR count). The number of nitrogens with two attached hydrogens (primary N) is 2. The number of aromatic nitrogens is 2. The summed E-state index contributed by atoms with van der Waals surface area (Å²) < 4.78 is 12.1. The van der Waals surface area contributed by atoms with Crippen molar-refractivity contribution in [2.24, 2.45) is 17.4 Å². The number of aliphatic hydroxyl groups excluding tert-OH is 6. The summed E-state index contributed by atoms with van der Waals surface area (Å²) in [6, 6.07) is 7.54. The second kappa shape index (κ2) is 32.1. The van der Waals surface area contributed by atoms with Crippen LogP contribution in [-0.2, 0) is 39.9 Å². The first-order valence-corrected chi connectivity index (χ1v) is 32.9. The normalized spacial score (nSPS) is 27.0. The fourth-order valence-electron chi connectivity index (χ4n) is 12.7. The Hall–Kier alpha value is -7.45. The van der Waals surface area contributed by atoms with Crippen molar-refractivity contribution in [1.29, 1.82) is 0 Å². The van der Waals surface area contributed by atoms with Gasteiger partial charge in [0.15, 0.2) is 11.5 Å². The summed E-state index contributed by atoms with van der Waals surface area (Å²) in [6.07, 6.45) is -2.68. The number of nitrogens with one attached hydrogen (secondary N) is 5. The topological polar surface area (TPSA) is 427 Å². The number of fused-ring (bicyclic) bond motifs is 2. The zero-order valence-corrected chi connectivity index (χ0v) is 53.1. The van der Waals surface area contributed by atoms with Crippen molar-refractivity contribution in [2.45, 2.75) is 176 Å². The second-order valence-electron chi connectivity index (χ2n) is 25.0. The lowest BCUT2D eigenvalue weighted by Gasteiger charge is -2.36. The summed E-state index contributed by atoms with van der Waals surface area (Å²) in [4.78, 5) is 106. The van der Waals surface area contributed by atoms with Gasteiger partial charge in [-0.05, 0) is 113 Å². The molecule has 0 radical (unpaired) electrons. The highest BCUT2D eigenvalue weighted by atomic mass is 32.1. The SMILES string of the molecule is C[C@@H](O)[C@@H]1NC(=O)[C@@H](NC(=O)c2ccc(-c3nnc(-c4ccc(N5CCC(OC6CCCCC6)CC5)cc4)s3)cc2)C[C@@H](O)CNC(=O)[C@@H]2[C@@H](O)[C@@H](C)CN2C(=O)[C@H]([C@H](O)CCN)NC(=O)[C@H]([C@H](O)Cc2ccc(O)c(OCCCN)c2)NC(=O)[C@@H]2C[C@@H](O)CN2C1=O. The van der Waals surface area contributed by atoms with Crippen molar-refractivity contribution in [1.82, 2.24) is 46.6 Å². The van der Waals surface area contributed by atoms with Crippen LogP contribution >= 0.6 is 11.3 Å². The number of carbonyl (C=O) groups excluding carboxylic acids is 7. The van der Waals surface area contributed by atoms with Crippen LogP contribution in [0.1, 0.15) is 100 Å². The van der Waals surface area contributed by atoms with Gasteiger partial charge in [0.25, 0.3) is 5.91 Å². The number of hydrogen-bond donors (Lipinski definition) is 14. The molecule has 0 unspecified atom stereocenters. The van der Waals surface area contributed by atoms with Gasteiger partial charge in [0.05, 0.1) is 55.4 Å². The summed E-state index contributed by atoms with van der Waals surface area (Å²) >= 11 is 1.35. The van der Waals surface area contributed by atoms with E-state index in [1.54, 1.807) is 19.1 Å². The van der Waals surface area contributed by atoms with Gasteiger partial charge in [-0.15, -0.1) is 10.2 Å². The first-order valence-electron chi connectivity index (χ1n) is 32.1. The van der Waals surface area contributed by atoms with Crippen LogP contribution in [-0.4, -0.2) is 235 Å². The molecule has 29 heteroatoms. The van der Waals surface area contributed by atoms with Crippen LogP contribution in [0.25, 0.3) is 21.1 Å². The van der Waals surface area contributed by atoms with Crippen LogP contribution < -0.4 is 47.7 Å². The summed E-state index contributed by atoms with van der Waals surface area (Å²) in [5.74, 6) is -8.55. The maximum atomic E-state index is 14.7. The van der Waals surface area contributed by atoms with Crippen LogP contribution in [0.2, 0.25) is 0 Å². The third-order valence-corrected chi connectivity index (χ3v) is 19.0. The van der Waals surface area contributed by atoms with E-state index >= 15 is 0 Å². The summed E-state index contributed by atoms with van der Waals surface area (Å²) in [7, 11) is 0. The quantitative estimate of drug-likeness (QED) is 0.0527. The molecule has 0 bridgehead atoms. The minimum atomic E-state index is -2.04. The number of ether oxygens (including phenoxy) is 2. The minimum Gasteiger partial charge on any atom is -0.504 e. The lowest BCUT2D eigenvalue weighted by atomic mass is 9.97. The fraction of sp³-hybridized carbons (Fsp3) is 0.578. The third kappa shape index (κ3) is 17.5. The monoisotopic (exact) mass is 1310 g/mol.